The standard InChI is InChI=1S/C24H24N8O2/c1-15(2)19-8-4-7-18(29-19)12-27-13-22(32-26)21-10-20(17-6-3-5-16(9-17)11-25)30-24(31-21)28-14-23(33)34/h3-10,13,15H,12,14,26H2,1-2H3,(H,33,34)(H,28,30,31). The fourth-order valence-corrected chi connectivity index (χ4v) is 3.01. The maximum atomic E-state index is 11.0. The molecule has 2 aromatic heterocycles. The molecule has 0 aliphatic rings. The third-order valence-corrected chi connectivity index (χ3v) is 4.70. The SMILES string of the molecule is CC(C)c1cccc(CN=CC(=NN)c2cc(-c3cccc(C#N)c3)nc(NCC(=O)O)n2)n1. The van der Waals surface area contributed by atoms with Gasteiger partial charge < -0.3 is 16.3 Å². The molecule has 4 N–H and O–H groups in total. The lowest BCUT2D eigenvalue weighted by Gasteiger charge is -2.09. The second kappa shape index (κ2) is 11.3. The summed E-state index contributed by atoms with van der Waals surface area (Å²) >= 11 is 0. The number of aliphatic imine (C=N–C) groups is 1. The first kappa shape index (κ1) is 24.0. The van der Waals surface area contributed by atoms with Crippen LogP contribution in [0, 0.1) is 11.3 Å². The summed E-state index contributed by atoms with van der Waals surface area (Å²) in [4.78, 5) is 28.7. The van der Waals surface area contributed by atoms with Crippen molar-refractivity contribution in [2.45, 2.75) is 26.3 Å². The number of rotatable bonds is 9. The minimum absolute atomic E-state index is 0.0816. The predicted octanol–water partition coefficient (Wildman–Crippen LogP) is 2.96. The van der Waals surface area contributed by atoms with Crippen LogP contribution in [-0.4, -0.2) is 44.5 Å². The molecule has 0 atom stereocenters. The van der Waals surface area contributed by atoms with E-state index in [1.54, 1.807) is 30.3 Å². The van der Waals surface area contributed by atoms with Crippen molar-refractivity contribution in [1.29, 1.82) is 5.26 Å². The molecular formula is C24H24N8O2. The van der Waals surface area contributed by atoms with Crippen molar-refractivity contribution in [3.63, 3.8) is 0 Å². The van der Waals surface area contributed by atoms with Crippen molar-refractivity contribution in [3.8, 4) is 17.3 Å². The Morgan fingerprint density at radius 2 is 2.00 bits per heavy atom. The van der Waals surface area contributed by atoms with Crippen molar-refractivity contribution in [1.82, 2.24) is 15.0 Å². The molecule has 1 aromatic carbocycles. The molecule has 3 rings (SSSR count). The number of hydrogen-bond acceptors (Lipinski definition) is 9. The molecule has 2 heterocycles. The van der Waals surface area contributed by atoms with Gasteiger partial charge in [-0.3, -0.25) is 14.8 Å². The van der Waals surface area contributed by atoms with Crippen LogP contribution in [0.3, 0.4) is 0 Å². The largest absolute Gasteiger partial charge is 0.480 e. The van der Waals surface area contributed by atoms with Gasteiger partial charge in [0.1, 0.15) is 12.3 Å². The molecule has 0 amide bonds. The van der Waals surface area contributed by atoms with Crippen molar-refractivity contribution < 1.29 is 9.90 Å². The molecule has 10 nitrogen and oxygen atoms in total. The van der Waals surface area contributed by atoms with E-state index in [4.69, 9.17) is 10.9 Å². The Morgan fingerprint density at radius 3 is 2.71 bits per heavy atom. The number of aromatic nitrogens is 3. The molecule has 0 aliphatic heterocycles. The minimum atomic E-state index is -1.06. The average molecular weight is 457 g/mol. The topological polar surface area (TPSA) is 163 Å². The lowest BCUT2D eigenvalue weighted by atomic mass is 10.1. The van der Waals surface area contributed by atoms with Gasteiger partial charge in [0, 0.05) is 11.3 Å². The minimum Gasteiger partial charge on any atom is -0.480 e. The molecule has 0 fully saturated rings. The van der Waals surface area contributed by atoms with Crippen LogP contribution < -0.4 is 11.2 Å². The van der Waals surface area contributed by atoms with Crippen LogP contribution in [0.1, 0.15) is 42.4 Å². The second-order valence-electron chi connectivity index (χ2n) is 7.59. The summed E-state index contributed by atoms with van der Waals surface area (Å²) in [6.07, 6.45) is 1.49. The Labute approximate surface area is 196 Å². The van der Waals surface area contributed by atoms with Crippen LogP contribution in [0.25, 0.3) is 11.3 Å². The molecule has 0 spiro atoms. The number of nitrogens with zero attached hydrogens (tertiary/aromatic N) is 6. The number of pyridine rings is 1. The smallest absolute Gasteiger partial charge is 0.322 e. The Kier molecular flexibility index (Phi) is 7.97. The Morgan fingerprint density at radius 1 is 1.21 bits per heavy atom. The zero-order valence-corrected chi connectivity index (χ0v) is 18.8. The summed E-state index contributed by atoms with van der Waals surface area (Å²) in [5.74, 6) is 4.94. The maximum Gasteiger partial charge on any atom is 0.322 e. The number of carboxylic acid groups (broad SMARTS) is 1. The highest BCUT2D eigenvalue weighted by molar-refractivity contribution is 6.37. The fourth-order valence-electron chi connectivity index (χ4n) is 3.01. The first-order chi connectivity index (χ1) is 16.4. The quantitative estimate of drug-likeness (QED) is 0.251. The highest BCUT2D eigenvalue weighted by atomic mass is 16.4. The van der Waals surface area contributed by atoms with E-state index >= 15 is 0 Å². The van der Waals surface area contributed by atoms with E-state index in [0.717, 1.165) is 11.4 Å². The number of nitrogens with one attached hydrogen (secondary N) is 1. The molecule has 34 heavy (non-hydrogen) atoms. The second-order valence-corrected chi connectivity index (χ2v) is 7.59. The number of hydrogen-bond donors (Lipinski definition) is 3. The molecule has 0 saturated carbocycles. The third-order valence-electron chi connectivity index (χ3n) is 4.70. The highest BCUT2D eigenvalue weighted by Crippen LogP contribution is 2.21. The molecule has 172 valence electrons. The fraction of sp³-hybridized carbons (Fsp3) is 0.208. The number of nitrogens with two attached hydrogens (primary N) is 1. The number of aliphatic carboxylic acids is 1. The van der Waals surface area contributed by atoms with E-state index in [1.165, 1.54) is 6.21 Å². The number of nitriles is 1. The van der Waals surface area contributed by atoms with Crippen LogP contribution in [-0.2, 0) is 11.3 Å². The van der Waals surface area contributed by atoms with Crippen molar-refractivity contribution >= 4 is 23.8 Å². The highest BCUT2D eigenvalue weighted by Gasteiger charge is 2.12. The van der Waals surface area contributed by atoms with E-state index in [0.29, 0.717) is 35.0 Å². The average Bonchev–Trinajstić information content (AvgIpc) is 2.85. The van der Waals surface area contributed by atoms with Gasteiger partial charge in [-0.2, -0.15) is 10.4 Å². The predicted molar refractivity (Wildman–Crippen MR) is 130 cm³/mol. The maximum absolute atomic E-state index is 11.0. The first-order valence-corrected chi connectivity index (χ1v) is 10.5. The lowest BCUT2D eigenvalue weighted by Crippen LogP contribution is -2.17. The van der Waals surface area contributed by atoms with Gasteiger partial charge in [-0.15, -0.1) is 0 Å². The summed E-state index contributed by atoms with van der Waals surface area (Å²) in [5.41, 5.74) is 3.99. The van der Waals surface area contributed by atoms with Gasteiger partial charge in [0.25, 0.3) is 0 Å². The Balaban J connectivity index is 1.92. The Hall–Kier alpha value is -4.65. The van der Waals surface area contributed by atoms with E-state index in [1.807, 2.05) is 18.2 Å². The first-order valence-electron chi connectivity index (χ1n) is 10.5. The number of benzene rings is 1. The number of carbonyl (C=O) groups is 1. The molecule has 0 aliphatic carbocycles. The van der Waals surface area contributed by atoms with Gasteiger partial charge in [-0.05, 0) is 36.2 Å². The van der Waals surface area contributed by atoms with Crippen molar-refractivity contribution in [3.05, 3.63) is 71.2 Å². The molecule has 0 radical (unpaired) electrons. The molecule has 0 bridgehead atoms. The van der Waals surface area contributed by atoms with Crippen molar-refractivity contribution in [2.75, 3.05) is 11.9 Å². The summed E-state index contributed by atoms with van der Waals surface area (Å²) in [6.45, 7) is 4.10. The van der Waals surface area contributed by atoms with Gasteiger partial charge >= 0.3 is 5.97 Å². The van der Waals surface area contributed by atoms with Gasteiger partial charge in [0.05, 0.1) is 41.5 Å². The molecule has 0 unspecified atom stereocenters. The zero-order chi connectivity index (χ0) is 24.5. The van der Waals surface area contributed by atoms with E-state index in [-0.39, 0.29) is 18.2 Å². The summed E-state index contributed by atoms with van der Waals surface area (Å²) in [5, 5.41) is 24.7. The van der Waals surface area contributed by atoms with E-state index in [9.17, 15) is 10.1 Å². The number of carboxylic acids is 1. The van der Waals surface area contributed by atoms with E-state index < -0.39 is 5.97 Å². The van der Waals surface area contributed by atoms with Crippen LogP contribution in [0.2, 0.25) is 0 Å². The van der Waals surface area contributed by atoms with E-state index in [2.05, 4.69) is 50.3 Å². The normalized spacial score (nSPS) is 11.5. The number of anilines is 1. The van der Waals surface area contributed by atoms with Gasteiger partial charge in [-0.1, -0.05) is 32.0 Å². The zero-order valence-electron chi connectivity index (χ0n) is 18.8. The molecule has 0 saturated heterocycles. The van der Waals surface area contributed by atoms with Gasteiger partial charge in [0.15, 0.2) is 0 Å². The molecule has 10 heteroatoms. The van der Waals surface area contributed by atoms with Crippen LogP contribution in [0.4, 0.5) is 5.95 Å². The van der Waals surface area contributed by atoms with Crippen LogP contribution in [0.5, 0.6) is 0 Å². The van der Waals surface area contributed by atoms with Crippen LogP contribution >= 0.6 is 0 Å². The Bertz CT molecular complexity index is 1280. The number of hydrazone groups is 1. The molecule has 3 aromatic rings. The summed E-state index contributed by atoms with van der Waals surface area (Å²) in [6, 6.07) is 16.4. The van der Waals surface area contributed by atoms with Crippen LogP contribution in [0.15, 0.2) is 58.6 Å². The lowest BCUT2D eigenvalue weighted by molar-refractivity contribution is -0.134. The van der Waals surface area contributed by atoms with Gasteiger partial charge in [0.2, 0.25) is 5.95 Å². The monoisotopic (exact) mass is 456 g/mol. The van der Waals surface area contributed by atoms with Gasteiger partial charge in [-0.25, -0.2) is 9.97 Å². The summed E-state index contributed by atoms with van der Waals surface area (Å²) < 4.78 is 0. The third kappa shape index (κ3) is 6.43. The summed E-state index contributed by atoms with van der Waals surface area (Å²) in [7, 11) is 0. The molecular weight excluding hydrogens is 432 g/mol. The van der Waals surface area contributed by atoms with Crippen molar-refractivity contribution in [2.24, 2.45) is 15.9 Å².